The van der Waals surface area contributed by atoms with Crippen LogP contribution in [-0.2, 0) is 4.74 Å². The number of hydrogen-bond donors (Lipinski definition) is 1. The molecule has 29 heavy (non-hydrogen) atoms. The van der Waals surface area contributed by atoms with Crippen LogP contribution in [-0.4, -0.2) is 38.8 Å². The molecule has 3 aromatic rings. The normalized spacial score (nSPS) is 13.4. The van der Waals surface area contributed by atoms with Crippen molar-refractivity contribution in [1.82, 2.24) is 5.32 Å². The van der Waals surface area contributed by atoms with Crippen molar-refractivity contribution in [2.45, 2.75) is 0 Å². The molecule has 1 amide bonds. The maximum Gasteiger partial charge on any atom is 0.262 e. The highest BCUT2D eigenvalue weighted by Crippen LogP contribution is 2.39. The van der Waals surface area contributed by atoms with E-state index in [1.54, 1.807) is 0 Å². The van der Waals surface area contributed by atoms with Crippen LogP contribution in [0.5, 0.6) is 0 Å². The Morgan fingerprint density at radius 1 is 1.03 bits per heavy atom. The van der Waals surface area contributed by atoms with Gasteiger partial charge in [0.05, 0.1) is 29.6 Å². The third-order valence-electron chi connectivity index (χ3n) is 4.66. The van der Waals surface area contributed by atoms with Gasteiger partial charge in [0.25, 0.3) is 5.91 Å². The van der Waals surface area contributed by atoms with E-state index in [-0.39, 0.29) is 5.91 Å². The van der Waals surface area contributed by atoms with Crippen LogP contribution in [0.2, 0.25) is 0 Å². The quantitative estimate of drug-likeness (QED) is 0.670. The molecule has 0 saturated carbocycles. The minimum Gasteiger partial charge on any atom is -0.378 e. The first-order valence-corrected chi connectivity index (χ1v) is 10.5. The number of amides is 1. The van der Waals surface area contributed by atoms with Gasteiger partial charge < -0.3 is 15.0 Å². The average Bonchev–Trinajstić information content (AvgIpc) is 3.24. The van der Waals surface area contributed by atoms with E-state index in [0.29, 0.717) is 24.6 Å². The molecule has 1 fully saturated rings. The van der Waals surface area contributed by atoms with Gasteiger partial charge in [0.1, 0.15) is 0 Å². The smallest absolute Gasteiger partial charge is 0.262 e. The number of thiophene rings is 1. The van der Waals surface area contributed by atoms with E-state index in [9.17, 15) is 4.79 Å². The summed E-state index contributed by atoms with van der Waals surface area (Å²) in [5.41, 5.74) is 3.16. The number of anilines is 1. The summed E-state index contributed by atoms with van der Waals surface area (Å²) in [6.45, 7) is 3.42. The molecule has 0 unspecified atom stereocenters. The van der Waals surface area contributed by atoms with Crippen molar-refractivity contribution in [3.05, 3.63) is 77.2 Å². The Hall–Kier alpha value is -3.07. The number of carbonyl (C=O) groups excluding carboxylic acids is 1. The first-order valence-electron chi connectivity index (χ1n) is 9.65. The molecule has 1 aromatic heterocycles. The predicted molar refractivity (Wildman–Crippen MR) is 118 cm³/mol. The average molecular weight is 403 g/mol. The second kappa shape index (κ2) is 9.42. The van der Waals surface area contributed by atoms with Crippen LogP contribution in [0.1, 0.15) is 15.2 Å². The second-order valence-corrected chi connectivity index (χ2v) is 7.68. The van der Waals surface area contributed by atoms with Crippen molar-refractivity contribution < 1.29 is 9.53 Å². The lowest BCUT2D eigenvalue weighted by Gasteiger charge is -2.28. The molecule has 2 aromatic carbocycles. The van der Waals surface area contributed by atoms with Gasteiger partial charge in [0.2, 0.25) is 0 Å². The number of hydrogen-bond acceptors (Lipinski definition) is 4. The standard InChI is InChI=1S/C24H22N2O2S/c27-23(25-13-7-10-19-8-3-1-4-9-19)22-18-21(20-11-5-2-6-12-20)24(29-22)26-14-16-28-17-15-26/h1-6,8-9,11-12,18H,13-17H2,(H,25,27). The number of rotatable bonds is 4. The highest BCUT2D eigenvalue weighted by molar-refractivity contribution is 7.18. The summed E-state index contributed by atoms with van der Waals surface area (Å²) in [5.74, 6) is 5.99. The first-order chi connectivity index (χ1) is 14.3. The molecule has 1 saturated heterocycles. The number of benzene rings is 2. The monoisotopic (exact) mass is 402 g/mol. The maximum absolute atomic E-state index is 12.7. The van der Waals surface area contributed by atoms with Gasteiger partial charge in [-0.1, -0.05) is 60.4 Å². The molecule has 1 N–H and O–H groups in total. The summed E-state index contributed by atoms with van der Waals surface area (Å²) in [5, 5.41) is 4.04. The third-order valence-corrected chi connectivity index (χ3v) is 5.86. The van der Waals surface area contributed by atoms with Crippen molar-refractivity contribution in [3.8, 4) is 23.0 Å². The molecule has 1 aliphatic rings. The second-order valence-electron chi connectivity index (χ2n) is 6.65. The SMILES string of the molecule is O=C(NCC#Cc1ccccc1)c1cc(-c2ccccc2)c(N2CCOCC2)s1. The van der Waals surface area contributed by atoms with Gasteiger partial charge in [-0.2, -0.15) is 0 Å². The predicted octanol–water partition coefficient (Wildman–Crippen LogP) is 4.03. The number of morpholine rings is 1. The van der Waals surface area contributed by atoms with Gasteiger partial charge in [0.15, 0.2) is 0 Å². The highest BCUT2D eigenvalue weighted by Gasteiger charge is 2.21. The van der Waals surface area contributed by atoms with Crippen LogP contribution >= 0.6 is 11.3 Å². The number of carbonyl (C=O) groups is 1. The molecule has 0 atom stereocenters. The van der Waals surface area contributed by atoms with Crippen LogP contribution in [0.3, 0.4) is 0 Å². The lowest BCUT2D eigenvalue weighted by Crippen LogP contribution is -2.35. The van der Waals surface area contributed by atoms with Gasteiger partial charge in [-0.05, 0) is 23.8 Å². The maximum atomic E-state index is 12.7. The van der Waals surface area contributed by atoms with Crippen molar-refractivity contribution >= 4 is 22.2 Å². The van der Waals surface area contributed by atoms with E-state index in [1.807, 2.05) is 54.6 Å². The summed E-state index contributed by atoms with van der Waals surface area (Å²) < 4.78 is 5.49. The zero-order chi connectivity index (χ0) is 19.9. The van der Waals surface area contributed by atoms with Crippen LogP contribution < -0.4 is 10.2 Å². The van der Waals surface area contributed by atoms with Crippen LogP contribution in [0.25, 0.3) is 11.1 Å². The summed E-state index contributed by atoms with van der Waals surface area (Å²) in [6, 6.07) is 22.0. The molecular weight excluding hydrogens is 380 g/mol. The lowest BCUT2D eigenvalue weighted by molar-refractivity contribution is 0.0962. The Labute approximate surface area is 175 Å². The molecule has 4 nitrogen and oxygen atoms in total. The fraction of sp³-hybridized carbons (Fsp3) is 0.208. The van der Waals surface area contributed by atoms with Gasteiger partial charge in [-0.15, -0.1) is 11.3 Å². The van der Waals surface area contributed by atoms with E-state index < -0.39 is 0 Å². The van der Waals surface area contributed by atoms with Crippen LogP contribution in [0.15, 0.2) is 66.7 Å². The Kier molecular flexibility index (Phi) is 6.25. The molecule has 5 heteroatoms. The van der Waals surface area contributed by atoms with Crippen molar-refractivity contribution in [1.29, 1.82) is 0 Å². The molecule has 4 rings (SSSR count). The van der Waals surface area contributed by atoms with E-state index in [4.69, 9.17) is 4.74 Å². The largest absolute Gasteiger partial charge is 0.378 e. The Bertz CT molecular complexity index is 1010. The van der Waals surface area contributed by atoms with E-state index in [2.05, 4.69) is 34.2 Å². The Morgan fingerprint density at radius 2 is 1.72 bits per heavy atom. The molecule has 2 heterocycles. The molecule has 146 valence electrons. The van der Waals surface area contributed by atoms with Crippen LogP contribution in [0.4, 0.5) is 5.00 Å². The van der Waals surface area contributed by atoms with Crippen LogP contribution in [0, 0.1) is 11.8 Å². The highest BCUT2D eigenvalue weighted by atomic mass is 32.1. The number of nitrogens with one attached hydrogen (secondary N) is 1. The van der Waals surface area contributed by atoms with Gasteiger partial charge in [-0.25, -0.2) is 0 Å². The van der Waals surface area contributed by atoms with Gasteiger partial charge in [0, 0.05) is 24.2 Å². The number of nitrogens with zero attached hydrogens (tertiary/aromatic N) is 1. The first kappa shape index (κ1) is 19.3. The summed E-state index contributed by atoms with van der Waals surface area (Å²) in [7, 11) is 0. The Morgan fingerprint density at radius 3 is 2.45 bits per heavy atom. The van der Waals surface area contributed by atoms with Crippen molar-refractivity contribution in [2.24, 2.45) is 0 Å². The fourth-order valence-corrected chi connectivity index (χ4v) is 4.35. The summed E-state index contributed by atoms with van der Waals surface area (Å²) >= 11 is 1.53. The van der Waals surface area contributed by atoms with Gasteiger partial charge >= 0.3 is 0 Å². The van der Waals surface area contributed by atoms with Crippen molar-refractivity contribution in [2.75, 3.05) is 37.7 Å². The third kappa shape index (κ3) is 4.86. The number of ether oxygens (including phenoxy) is 1. The molecule has 1 aliphatic heterocycles. The molecular formula is C24H22N2O2S. The molecule has 0 spiro atoms. The Balaban J connectivity index is 1.51. The minimum absolute atomic E-state index is 0.0888. The lowest BCUT2D eigenvalue weighted by atomic mass is 10.1. The zero-order valence-corrected chi connectivity index (χ0v) is 16.9. The molecule has 0 radical (unpaired) electrons. The minimum atomic E-state index is -0.0888. The van der Waals surface area contributed by atoms with Gasteiger partial charge in [-0.3, -0.25) is 4.79 Å². The summed E-state index contributed by atoms with van der Waals surface area (Å²) in [6.07, 6.45) is 0. The van der Waals surface area contributed by atoms with E-state index in [1.165, 1.54) is 11.3 Å². The van der Waals surface area contributed by atoms with E-state index >= 15 is 0 Å². The van der Waals surface area contributed by atoms with Crippen molar-refractivity contribution in [3.63, 3.8) is 0 Å². The molecule has 0 bridgehead atoms. The zero-order valence-electron chi connectivity index (χ0n) is 16.1. The summed E-state index contributed by atoms with van der Waals surface area (Å²) in [4.78, 5) is 15.7. The van der Waals surface area contributed by atoms with E-state index in [0.717, 1.165) is 34.8 Å². The fourth-order valence-electron chi connectivity index (χ4n) is 3.20. The molecule has 0 aliphatic carbocycles. The topological polar surface area (TPSA) is 41.6 Å².